The second-order valence-electron chi connectivity index (χ2n) is 8.55. The van der Waals surface area contributed by atoms with E-state index in [2.05, 4.69) is 17.0 Å². The Balaban J connectivity index is 1.36. The average molecular weight is 474 g/mol. The smallest absolute Gasteiger partial charge is 0.259 e. The Labute approximate surface area is 202 Å². The number of nitrogens with zero attached hydrogens (tertiary/aromatic N) is 3. The van der Waals surface area contributed by atoms with Crippen molar-refractivity contribution in [3.63, 3.8) is 0 Å². The summed E-state index contributed by atoms with van der Waals surface area (Å²) in [4.78, 5) is 33.5. The van der Waals surface area contributed by atoms with E-state index >= 15 is 0 Å². The topological polar surface area (TPSA) is 60.9 Å². The van der Waals surface area contributed by atoms with Crippen LogP contribution in [-0.4, -0.2) is 58.5 Å². The number of hydrogen-bond acceptors (Lipinski definition) is 4. The molecule has 1 atom stereocenters. The summed E-state index contributed by atoms with van der Waals surface area (Å²) in [5.41, 5.74) is 2.78. The van der Waals surface area contributed by atoms with Crippen molar-refractivity contribution >= 4 is 28.3 Å². The van der Waals surface area contributed by atoms with Crippen LogP contribution in [0.25, 0.3) is 0 Å². The fraction of sp³-hybridized carbons (Fsp3) is 0.259. The molecule has 0 aliphatic carbocycles. The fourth-order valence-electron chi connectivity index (χ4n) is 4.64. The van der Waals surface area contributed by atoms with Gasteiger partial charge in [0.05, 0.1) is 31.8 Å². The fourth-order valence-corrected chi connectivity index (χ4v) is 5.99. The third kappa shape index (κ3) is 4.17. The zero-order chi connectivity index (χ0) is 23.7. The normalized spacial score (nSPS) is 18.3. The molecule has 1 fully saturated rings. The van der Waals surface area contributed by atoms with Gasteiger partial charge >= 0.3 is 0 Å². The number of carbonyl (C=O) groups is 2. The molecule has 1 unspecified atom stereocenters. The maximum absolute atomic E-state index is 13.3. The highest BCUT2D eigenvalue weighted by Gasteiger charge is 2.31. The van der Waals surface area contributed by atoms with E-state index in [0.29, 0.717) is 46.2 Å². The molecule has 0 bridgehead atoms. The number of rotatable bonds is 4. The number of anilines is 1. The van der Waals surface area contributed by atoms with E-state index in [9.17, 15) is 13.8 Å². The summed E-state index contributed by atoms with van der Waals surface area (Å²) < 4.78 is 13.3. The SMILES string of the molecule is CCN1C(=O)c2ccccc2S(=O)c2ccc(C(=O)N3CCN(Cc4ccccc4)CC3)cc21. The first-order valence-corrected chi connectivity index (χ1v) is 12.7. The standard InChI is InChI=1S/C27H27N3O3S/c1-2-30-23-18-21(12-13-25(23)34(33)24-11-7-6-10-22(24)27(30)32)26(31)29-16-14-28(15-17-29)19-20-8-4-3-5-9-20/h3-13,18H,2,14-17,19H2,1H3. The zero-order valence-corrected chi connectivity index (χ0v) is 20.0. The van der Waals surface area contributed by atoms with Crippen LogP contribution in [0.1, 0.15) is 33.2 Å². The van der Waals surface area contributed by atoms with Gasteiger partial charge in [-0.2, -0.15) is 0 Å². The van der Waals surface area contributed by atoms with Gasteiger partial charge in [-0.1, -0.05) is 42.5 Å². The molecule has 1 saturated heterocycles. The summed E-state index contributed by atoms with van der Waals surface area (Å²) in [5, 5.41) is 0. The lowest BCUT2D eigenvalue weighted by Crippen LogP contribution is -2.48. The van der Waals surface area contributed by atoms with E-state index in [1.54, 1.807) is 47.4 Å². The lowest BCUT2D eigenvalue weighted by atomic mass is 10.1. The molecule has 0 N–H and O–H groups in total. The Hall–Kier alpha value is -3.29. The number of carbonyl (C=O) groups excluding carboxylic acids is 2. The zero-order valence-electron chi connectivity index (χ0n) is 19.1. The van der Waals surface area contributed by atoms with Crippen molar-refractivity contribution in [3.05, 3.63) is 89.5 Å². The van der Waals surface area contributed by atoms with Crippen molar-refractivity contribution in [2.24, 2.45) is 0 Å². The first kappa shape index (κ1) is 22.5. The van der Waals surface area contributed by atoms with E-state index in [1.807, 2.05) is 30.0 Å². The summed E-state index contributed by atoms with van der Waals surface area (Å²) in [6, 6.07) is 22.6. The van der Waals surface area contributed by atoms with Gasteiger partial charge in [-0.05, 0) is 42.8 Å². The van der Waals surface area contributed by atoms with E-state index in [0.717, 1.165) is 19.6 Å². The minimum atomic E-state index is -1.50. The van der Waals surface area contributed by atoms with Gasteiger partial charge in [0.15, 0.2) is 0 Å². The summed E-state index contributed by atoms with van der Waals surface area (Å²) in [6.07, 6.45) is 0. The second-order valence-corrected chi connectivity index (χ2v) is 9.97. The van der Waals surface area contributed by atoms with Crippen molar-refractivity contribution in [2.45, 2.75) is 23.3 Å². The first-order chi connectivity index (χ1) is 16.6. The number of hydrogen-bond donors (Lipinski definition) is 0. The molecule has 0 radical (unpaired) electrons. The van der Waals surface area contributed by atoms with Crippen LogP contribution >= 0.6 is 0 Å². The second kappa shape index (κ2) is 9.52. The quantitative estimate of drug-likeness (QED) is 0.579. The molecular weight excluding hydrogens is 446 g/mol. The van der Waals surface area contributed by atoms with Gasteiger partial charge in [0.1, 0.15) is 0 Å². The highest BCUT2D eigenvalue weighted by atomic mass is 32.2. The molecule has 7 heteroatoms. The average Bonchev–Trinajstić information content (AvgIpc) is 2.97. The van der Waals surface area contributed by atoms with E-state index < -0.39 is 10.8 Å². The van der Waals surface area contributed by atoms with E-state index in [4.69, 9.17) is 0 Å². The van der Waals surface area contributed by atoms with Gasteiger partial charge in [-0.25, -0.2) is 4.21 Å². The highest BCUT2D eigenvalue weighted by Crippen LogP contribution is 2.35. The van der Waals surface area contributed by atoms with Crippen LogP contribution in [0.4, 0.5) is 5.69 Å². The lowest BCUT2D eigenvalue weighted by Gasteiger charge is -2.35. The van der Waals surface area contributed by atoms with Gasteiger partial charge in [0, 0.05) is 44.8 Å². The van der Waals surface area contributed by atoms with E-state index in [1.165, 1.54) is 5.56 Å². The van der Waals surface area contributed by atoms with Crippen molar-refractivity contribution in [1.29, 1.82) is 0 Å². The molecule has 3 aromatic rings. The number of fused-ring (bicyclic) bond motifs is 2. The molecular formula is C27H27N3O3S. The van der Waals surface area contributed by atoms with Crippen molar-refractivity contribution in [2.75, 3.05) is 37.6 Å². The predicted molar refractivity (Wildman–Crippen MR) is 133 cm³/mol. The van der Waals surface area contributed by atoms with Crippen LogP contribution in [0.5, 0.6) is 0 Å². The molecule has 34 heavy (non-hydrogen) atoms. The van der Waals surface area contributed by atoms with Crippen LogP contribution in [0.2, 0.25) is 0 Å². The summed E-state index contributed by atoms with van der Waals surface area (Å²) >= 11 is 0. The Morgan fingerprint density at radius 3 is 2.32 bits per heavy atom. The molecule has 2 amide bonds. The largest absolute Gasteiger partial charge is 0.336 e. The minimum Gasteiger partial charge on any atom is -0.336 e. The maximum atomic E-state index is 13.3. The molecule has 0 spiro atoms. The Morgan fingerprint density at radius 1 is 0.882 bits per heavy atom. The van der Waals surface area contributed by atoms with Crippen LogP contribution in [0.15, 0.2) is 82.6 Å². The molecule has 174 valence electrons. The Bertz CT molecular complexity index is 1250. The Kier molecular flexibility index (Phi) is 6.30. The third-order valence-corrected chi connectivity index (χ3v) is 7.98. The molecule has 6 nitrogen and oxygen atoms in total. The first-order valence-electron chi connectivity index (χ1n) is 11.6. The maximum Gasteiger partial charge on any atom is 0.259 e. The molecule has 2 aliphatic rings. The Morgan fingerprint density at radius 2 is 1.59 bits per heavy atom. The monoisotopic (exact) mass is 473 g/mol. The lowest BCUT2D eigenvalue weighted by molar-refractivity contribution is 0.0628. The summed E-state index contributed by atoms with van der Waals surface area (Å²) in [5.74, 6) is -0.248. The van der Waals surface area contributed by atoms with Crippen LogP contribution in [-0.2, 0) is 17.3 Å². The van der Waals surface area contributed by atoms with Gasteiger partial charge in [-0.3, -0.25) is 14.5 Å². The van der Waals surface area contributed by atoms with Gasteiger partial charge in [0.25, 0.3) is 11.8 Å². The molecule has 5 rings (SSSR count). The van der Waals surface area contributed by atoms with Crippen LogP contribution < -0.4 is 4.90 Å². The van der Waals surface area contributed by atoms with Gasteiger partial charge < -0.3 is 9.80 Å². The highest BCUT2D eigenvalue weighted by molar-refractivity contribution is 7.85. The number of piperazine rings is 1. The number of amides is 2. The predicted octanol–water partition coefficient (Wildman–Crippen LogP) is 3.79. The van der Waals surface area contributed by atoms with Crippen molar-refractivity contribution in [1.82, 2.24) is 9.80 Å². The minimum absolute atomic E-state index is 0.0572. The van der Waals surface area contributed by atoms with Gasteiger partial charge in [-0.15, -0.1) is 0 Å². The number of benzene rings is 3. The molecule has 2 heterocycles. The summed E-state index contributed by atoms with van der Waals surface area (Å²) in [6.45, 7) is 6.11. The molecule has 0 saturated carbocycles. The van der Waals surface area contributed by atoms with Crippen molar-refractivity contribution in [3.8, 4) is 0 Å². The van der Waals surface area contributed by atoms with Crippen LogP contribution in [0.3, 0.4) is 0 Å². The molecule has 3 aromatic carbocycles. The molecule has 0 aromatic heterocycles. The third-order valence-electron chi connectivity index (χ3n) is 6.48. The van der Waals surface area contributed by atoms with Gasteiger partial charge in [0.2, 0.25) is 0 Å². The summed E-state index contributed by atoms with van der Waals surface area (Å²) in [7, 11) is -1.50. The van der Waals surface area contributed by atoms with E-state index in [-0.39, 0.29) is 11.8 Å². The van der Waals surface area contributed by atoms with Crippen LogP contribution in [0, 0.1) is 0 Å². The van der Waals surface area contributed by atoms with Crippen molar-refractivity contribution < 1.29 is 13.8 Å². The molecule has 2 aliphatic heterocycles.